The van der Waals surface area contributed by atoms with Crippen molar-refractivity contribution in [2.45, 2.75) is 13.0 Å². The van der Waals surface area contributed by atoms with Crippen LogP contribution in [-0.4, -0.2) is 21.7 Å². The fraction of sp³-hybridized carbons (Fsp3) is 0.0870. The number of para-hydroxylation sites is 1. The number of aryl methyl sites for hydroxylation is 1. The quantitative estimate of drug-likeness (QED) is 0.410. The molecule has 138 valence electrons. The summed E-state index contributed by atoms with van der Waals surface area (Å²) in [5, 5.41) is 0.793. The summed E-state index contributed by atoms with van der Waals surface area (Å²) in [7, 11) is 0. The molecule has 0 aliphatic carbocycles. The molecule has 0 fully saturated rings. The number of pyridine rings is 1. The van der Waals surface area contributed by atoms with Crippen LogP contribution in [0.5, 0.6) is 0 Å². The molecule has 2 aromatic heterocycles. The Labute approximate surface area is 162 Å². The van der Waals surface area contributed by atoms with Crippen LogP contribution in [0.25, 0.3) is 10.9 Å². The minimum absolute atomic E-state index is 0.280. The lowest BCUT2D eigenvalue weighted by Gasteiger charge is -2.17. The molecule has 28 heavy (non-hydrogen) atoms. The van der Waals surface area contributed by atoms with Crippen LogP contribution < -0.4 is 0 Å². The van der Waals surface area contributed by atoms with Crippen LogP contribution in [0.15, 0.2) is 79.1 Å². The van der Waals surface area contributed by atoms with Crippen LogP contribution in [-0.2, 0) is 4.74 Å². The fourth-order valence-electron chi connectivity index (χ4n) is 3.08. The Bertz CT molecular complexity index is 1130. The molecule has 0 radical (unpaired) electrons. The first kappa shape index (κ1) is 17.7. The zero-order valence-corrected chi connectivity index (χ0v) is 15.3. The Morgan fingerprint density at radius 1 is 0.964 bits per heavy atom. The third kappa shape index (κ3) is 3.42. The normalized spacial score (nSPS) is 11.9. The van der Waals surface area contributed by atoms with E-state index >= 15 is 0 Å². The number of nitrogens with zero attached hydrogens (tertiary/aromatic N) is 1. The molecule has 5 nitrogen and oxygen atoms in total. The zero-order chi connectivity index (χ0) is 19.5. The van der Waals surface area contributed by atoms with Crippen molar-refractivity contribution in [3.8, 4) is 0 Å². The molecule has 0 unspecified atom stereocenters. The van der Waals surface area contributed by atoms with Gasteiger partial charge in [-0.25, -0.2) is 4.79 Å². The van der Waals surface area contributed by atoms with E-state index in [1.807, 2.05) is 49.4 Å². The van der Waals surface area contributed by atoms with E-state index in [0.717, 1.165) is 16.6 Å². The second kappa shape index (κ2) is 7.48. The van der Waals surface area contributed by atoms with Crippen LogP contribution >= 0.6 is 0 Å². The number of H-pyrrole nitrogens is 1. The van der Waals surface area contributed by atoms with E-state index in [1.165, 1.54) is 6.20 Å². The highest BCUT2D eigenvalue weighted by atomic mass is 16.5. The number of Topliss-reactive ketones (excluding diaryl/α,β-unsaturated/α-hetero) is 1. The number of esters is 1. The molecular weight excluding hydrogens is 352 g/mol. The highest BCUT2D eigenvalue weighted by Gasteiger charge is 2.28. The van der Waals surface area contributed by atoms with E-state index in [2.05, 4.69) is 9.97 Å². The third-order valence-corrected chi connectivity index (χ3v) is 4.57. The van der Waals surface area contributed by atoms with Gasteiger partial charge in [0, 0.05) is 40.1 Å². The van der Waals surface area contributed by atoms with E-state index in [9.17, 15) is 9.59 Å². The second-order valence-corrected chi connectivity index (χ2v) is 6.50. The number of fused-ring (bicyclic) bond motifs is 1. The summed E-state index contributed by atoms with van der Waals surface area (Å²) in [6, 6.07) is 19.9. The smallest absolute Gasteiger partial charge is 0.340 e. The largest absolute Gasteiger partial charge is 0.445 e. The lowest BCUT2D eigenvalue weighted by molar-refractivity contribution is 0.0280. The van der Waals surface area contributed by atoms with Gasteiger partial charge in [0.05, 0.1) is 5.56 Å². The number of ketones is 1. The number of hydrogen-bond acceptors (Lipinski definition) is 4. The van der Waals surface area contributed by atoms with Crippen LogP contribution in [0, 0.1) is 6.92 Å². The maximum Gasteiger partial charge on any atom is 0.340 e. The molecule has 0 saturated heterocycles. The molecule has 0 aliphatic heterocycles. The first-order valence-corrected chi connectivity index (χ1v) is 8.92. The lowest BCUT2D eigenvalue weighted by atomic mass is 9.99. The Morgan fingerprint density at radius 3 is 2.46 bits per heavy atom. The molecule has 0 bridgehead atoms. The number of hydrogen-bond donors (Lipinski definition) is 1. The number of nitrogens with one attached hydrogen (secondary N) is 1. The molecule has 2 heterocycles. The maximum absolute atomic E-state index is 13.3. The number of rotatable bonds is 5. The number of carbonyl (C=O) groups excluding carboxylic acids is 2. The van der Waals surface area contributed by atoms with Crippen molar-refractivity contribution < 1.29 is 14.3 Å². The molecule has 0 amide bonds. The molecule has 0 aliphatic rings. The van der Waals surface area contributed by atoms with Crippen molar-refractivity contribution >= 4 is 22.7 Å². The molecule has 0 saturated carbocycles. The Hall–Kier alpha value is -3.73. The Kier molecular flexibility index (Phi) is 4.72. The second-order valence-electron chi connectivity index (χ2n) is 6.50. The van der Waals surface area contributed by atoms with Gasteiger partial charge in [-0.1, -0.05) is 48.5 Å². The number of ether oxygens (including phenoxy) is 1. The third-order valence-electron chi connectivity index (χ3n) is 4.57. The fourth-order valence-corrected chi connectivity index (χ4v) is 3.08. The summed E-state index contributed by atoms with van der Waals surface area (Å²) in [4.78, 5) is 33.2. The predicted molar refractivity (Wildman–Crippen MR) is 106 cm³/mol. The minimum atomic E-state index is -1.05. The van der Waals surface area contributed by atoms with Gasteiger partial charge in [0.15, 0.2) is 6.10 Å². The van der Waals surface area contributed by atoms with Gasteiger partial charge < -0.3 is 9.72 Å². The molecule has 2 aromatic carbocycles. The summed E-state index contributed by atoms with van der Waals surface area (Å²) in [5.41, 5.74) is 3.06. The molecule has 4 aromatic rings. The Balaban J connectivity index is 1.70. The monoisotopic (exact) mass is 370 g/mol. The van der Waals surface area contributed by atoms with Crippen molar-refractivity contribution in [2.24, 2.45) is 0 Å². The number of carbonyl (C=O) groups is 2. The maximum atomic E-state index is 13.3. The summed E-state index contributed by atoms with van der Waals surface area (Å²) >= 11 is 0. The average Bonchev–Trinajstić information content (AvgIpc) is 3.17. The Morgan fingerprint density at radius 2 is 1.71 bits per heavy atom. The van der Waals surface area contributed by atoms with Gasteiger partial charge in [0.2, 0.25) is 5.78 Å². The van der Waals surface area contributed by atoms with E-state index in [1.54, 1.807) is 30.5 Å². The molecule has 0 spiro atoms. The van der Waals surface area contributed by atoms with Gasteiger partial charge in [-0.05, 0) is 25.1 Å². The minimum Gasteiger partial charge on any atom is -0.445 e. The van der Waals surface area contributed by atoms with Gasteiger partial charge in [0.1, 0.15) is 0 Å². The van der Waals surface area contributed by atoms with E-state index < -0.39 is 12.1 Å². The lowest BCUT2D eigenvalue weighted by Crippen LogP contribution is -2.20. The van der Waals surface area contributed by atoms with Crippen LogP contribution in [0.2, 0.25) is 0 Å². The standard InChI is InChI=1S/C23H18N2O3/c1-15-11-12-17(13-24-15)23(27)28-22(16-7-3-2-4-8-16)21(26)19-14-25-20-10-6-5-9-18(19)20/h2-14,22,25H,1H3/t22-/m1/s1. The van der Waals surface area contributed by atoms with Crippen molar-refractivity contribution in [1.82, 2.24) is 9.97 Å². The summed E-state index contributed by atoms with van der Waals surface area (Å²) in [6.45, 7) is 1.84. The van der Waals surface area contributed by atoms with Crippen LogP contribution in [0.4, 0.5) is 0 Å². The molecule has 5 heteroatoms. The van der Waals surface area contributed by atoms with Gasteiger partial charge in [-0.2, -0.15) is 0 Å². The van der Waals surface area contributed by atoms with Crippen molar-refractivity contribution in [3.63, 3.8) is 0 Å². The van der Waals surface area contributed by atoms with E-state index in [-0.39, 0.29) is 5.78 Å². The van der Waals surface area contributed by atoms with Gasteiger partial charge in [-0.15, -0.1) is 0 Å². The van der Waals surface area contributed by atoms with Gasteiger partial charge >= 0.3 is 5.97 Å². The van der Waals surface area contributed by atoms with Crippen molar-refractivity contribution in [1.29, 1.82) is 0 Å². The summed E-state index contributed by atoms with van der Waals surface area (Å²) < 4.78 is 5.65. The van der Waals surface area contributed by atoms with Crippen molar-refractivity contribution in [2.75, 3.05) is 0 Å². The predicted octanol–water partition coefficient (Wildman–Crippen LogP) is 4.65. The van der Waals surface area contributed by atoms with Crippen LogP contribution in [0.1, 0.15) is 38.1 Å². The highest BCUT2D eigenvalue weighted by Crippen LogP contribution is 2.28. The average molecular weight is 370 g/mol. The molecule has 1 N–H and O–H groups in total. The van der Waals surface area contributed by atoms with Crippen LogP contribution in [0.3, 0.4) is 0 Å². The SMILES string of the molecule is Cc1ccc(C(=O)O[C@@H](C(=O)c2c[nH]c3ccccc23)c2ccccc2)cn1. The first-order valence-electron chi connectivity index (χ1n) is 8.92. The summed E-state index contributed by atoms with van der Waals surface area (Å²) in [5.74, 6) is -0.869. The highest BCUT2D eigenvalue weighted by molar-refractivity contribution is 6.11. The van der Waals surface area contributed by atoms with Gasteiger partial charge in [-0.3, -0.25) is 9.78 Å². The molecule has 4 rings (SSSR count). The molecule has 1 atom stereocenters. The van der Waals surface area contributed by atoms with Crippen molar-refractivity contribution in [3.05, 3.63) is 102 Å². The topological polar surface area (TPSA) is 72.1 Å². The zero-order valence-electron chi connectivity index (χ0n) is 15.3. The van der Waals surface area contributed by atoms with E-state index in [0.29, 0.717) is 16.7 Å². The molecular formula is C23H18N2O3. The first-order chi connectivity index (χ1) is 13.6. The summed E-state index contributed by atoms with van der Waals surface area (Å²) in [6.07, 6.45) is 2.06. The van der Waals surface area contributed by atoms with E-state index in [4.69, 9.17) is 4.74 Å². The number of aromatic nitrogens is 2. The number of benzene rings is 2. The van der Waals surface area contributed by atoms with Gasteiger partial charge in [0.25, 0.3) is 0 Å². The number of aromatic amines is 1.